The highest BCUT2D eigenvalue weighted by Gasteiger charge is 2.21. The number of hydrogen-bond donors (Lipinski definition) is 1. The average molecular weight is 498 g/mol. The fourth-order valence-corrected chi connectivity index (χ4v) is 4.14. The number of hydrazone groups is 1. The maximum absolute atomic E-state index is 12.8. The second-order valence-corrected chi connectivity index (χ2v) is 8.97. The Balaban J connectivity index is 1.65. The molecule has 11 heteroatoms. The molecule has 3 aromatic carbocycles. The summed E-state index contributed by atoms with van der Waals surface area (Å²) >= 11 is 0. The lowest BCUT2D eigenvalue weighted by Gasteiger charge is -2.19. The maximum Gasteiger partial charge on any atom is 0.513 e. The molecule has 0 aromatic heterocycles. The van der Waals surface area contributed by atoms with Crippen molar-refractivity contribution >= 4 is 34.0 Å². The second kappa shape index (κ2) is 11.2. The molecule has 0 bridgehead atoms. The standard InChI is InChI=1S/C24H23N3O7S/c1-27(35(30,31)20-7-5-4-6-8-20)19-12-10-18(11-13-19)23(28)26-25-16-17-9-14-21(22(15-17)32-2)34-24(29)33-3/h4-16H,1-3H3,(H,26,28)/b25-16-. The van der Waals surface area contributed by atoms with E-state index in [2.05, 4.69) is 15.3 Å². The third kappa shape index (κ3) is 6.15. The minimum absolute atomic E-state index is 0.167. The van der Waals surface area contributed by atoms with Gasteiger partial charge in [-0.2, -0.15) is 5.10 Å². The van der Waals surface area contributed by atoms with Gasteiger partial charge in [-0.25, -0.2) is 18.6 Å². The van der Waals surface area contributed by atoms with Gasteiger partial charge >= 0.3 is 6.16 Å². The van der Waals surface area contributed by atoms with Crippen LogP contribution in [0.1, 0.15) is 15.9 Å². The Morgan fingerprint density at radius 1 is 0.943 bits per heavy atom. The predicted octanol–water partition coefficient (Wildman–Crippen LogP) is 3.43. The zero-order valence-corrected chi connectivity index (χ0v) is 20.0. The lowest BCUT2D eigenvalue weighted by atomic mass is 10.2. The number of methoxy groups -OCH3 is 2. The van der Waals surface area contributed by atoms with Crippen LogP contribution < -0.4 is 19.2 Å². The Kier molecular flexibility index (Phi) is 8.05. The molecule has 3 rings (SSSR count). The summed E-state index contributed by atoms with van der Waals surface area (Å²) in [5.41, 5.74) is 3.66. The first-order valence-electron chi connectivity index (χ1n) is 10.2. The number of nitrogens with one attached hydrogen (secondary N) is 1. The van der Waals surface area contributed by atoms with Crippen LogP contribution in [0.3, 0.4) is 0 Å². The molecule has 0 spiro atoms. The molecule has 0 unspecified atom stereocenters. The molecule has 0 aliphatic rings. The minimum Gasteiger partial charge on any atom is -0.493 e. The van der Waals surface area contributed by atoms with Crippen molar-refractivity contribution in [3.05, 3.63) is 83.9 Å². The van der Waals surface area contributed by atoms with E-state index in [1.54, 1.807) is 30.3 Å². The third-order valence-corrected chi connectivity index (χ3v) is 6.62. The van der Waals surface area contributed by atoms with Crippen LogP contribution in [-0.2, 0) is 14.8 Å². The van der Waals surface area contributed by atoms with Crippen LogP contribution in [0.5, 0.6) is 11.5 Å². The summed E-state index contributed by atoms with van der Waals surface area (Å²) in [4.78, 5) is 23.9. The number of carbonyl (C=O) groups excluding carboxylic acids is 2. The number of benzene rings is 3. The van der Waals surface area contributed by atoms with E-state index < -0.39 is 22.1 Å². The number of nitrogens with zero attached hydrogens (tertiary/aromatic N) is 2. The van der Waals surface area contributed by atoms with Crippen LogP contribution in [0, 0.1) is 0 Å². The normalized spacial score (nSPS) is 11.1. The van der Waals surface area contributed by atoms with E-state index in [9.17, 15) is 18.0 Å². The molecule has 0 saturated heterocycles. The minimum atomic E-state index is -3.72. The van der Waals surface area contributed by atoms with E-state index in [1.807, 2.05) is 0 Å². The van der Waals surface area contributed by atoms with E-state index in [-0.39, 0.29) is 22.0 Å². The molecule has 1 N–H and O–H groups in total. The molecule has 0 aliphatic carbocycles. The molecule has 0 atom stereocenters. The zero-order valence-electron chi connectivity index (χ0n) is 19.2. The predicted molar refractivity (Wildman–Crippen MR) is 130 cm³/mol. The van der Waals surface area contributed by atoms with E-state index in [1.165, 1.54) is 69.9 Å². The van der Waals surface area contributed by atoms with Crippen LogP contribution in [0.2, 0.25) is 0 Å². The van der Waals surface area contributed by atoms with E-state index in [0.717, 1.165) is 4.31 Å². The van der Waals surface area contributed by atoms with Gasteiger partial charge in [-0.15, -0.1) is 0 Å². The highest BCUT2D eigenvalue weighted by molar-refractivity contribution is 7.92. The molecule has 3 aromatic rings. The van der Waals surface area contributed by atoms with Gasteiger partial charge in [0.15, 0.2) is 11.5 Å². The summed E-state index contributed by atoms with van der Waals surface area (Å²) in [5, 5.41) is 3.92. The quantitative estimate of drug-likeness (QED) is 0.219. The van der Waals surface area contributed by atoms with Crippen molar-refractivity contribution in [1.82, 2.24) is 5.43 Å². The second-order valence-electron chi connectivity index (χ2n) is 7.00. The number of hydrogen-bond acceptors (Lipinski definition) is 8. The molecule has 1 amide bonds. The van der Waals surface area contributed by atoms with Crippen molar-refractivity contribution in [2.24, 2.45) is 5.10 Å². The number of anilines is 1. The first kappa shape index (κ1) is 25.2. The fraction of sp³-hybridized carbons (Fsp3) is 0.125. The summed E-state index contributed by atoms with van der Waals surface area (Å²) in [7, 11) is 0.322. The van der Waals surface area contributed by atoms with Crippen molar-refractivity contribution in [2.45, 2.75) is 4.90 Å². The van der Waals surface area contributed by atoms with Crippen LogP contribution in [0.4, 0.5) is 10.5 Å². The summed E-state index contributed by atoms with van der Waals surface area (Å²) in [5.74, 6) is -0.0466. The van der Waals surface area contributed by atoms with Gasteiger partial charge in [0, 0.05) is 12.6 Å². The van der Waals surface area contributed by atoms with Crippen molar-refractivity contribution in [3.63, 3.8) is 0 Å². The molecule has 0 aliphatic heterocycles. The van der Waals surface area contributed by atoms with Gasteiger partial charge < -0.3 is 14.2 Å². The van der Waals surface area contributed by atoms with Crippen LogP contribution in [0.15, 0.2) is 82.8 Å². The van der Waals surface area contributed by atoms with E-state index >= 15 is 0 Å². The van der Waals surface area contributed by atoms with Crippen molar-refractivity contribution in [1.29, 1.82) is 0 Å². The number of carbonyl (C=O) groups is 2. The molecular weight excluding hydrogens is 474 g/mol. The van der Waals surface area contributed by atoms with E-state index in [0.29, 0.717) is 11.3 Å². The lowest BCUT2D eigenvalue weighted by Crippen LogP contribution is -2.26. The van der Waals surface area contributed by atoms with Crippen molar-refractivity contribution in [2.75, 3.05) is 25.6 Å². The topological polar surface area (TPSA) is 124 Å². The Hall–Kier alpha value is -4.38. The van der Waals surface area contributed by atoms with Crippen molar-refractivity contribution < 1.29 is 32.2 Å². The van der Waals surface area contributed by atoms with Gasteiger partial charge in [-0.05, 0) is 60.2 Å². The average Bonchev–Trinajstić information content (AvgIpc) is 2.89. The summed E-state index contributed by atoms with van der Waals surface area (Å²) in [6.07, 6.45) is 0.503. The van der Waals surface area contributed by atoms with Gasteiger partial charge in [0.1, 0.15) is 0 Å². The Morgan fingerprint density at radius 2 is 1.63 bits per heavy atom. The summed E-state index contributed by atoms with van der Waals surface area (Å²) in [6.45, 7) is 0. The van der Waals surface area contributed by atoms with Gasteiger partial charge in [0.2, 0.25) is 0 Å². The monoisotopic (exact) mass is 497 g/mol. The Bertz CT molecular complexity index is 1320. The van der Waals surface area contributed by atoms with Crippen molar-refractivity contribution in [3.8, 4) is 11.5 Å². The zero-order chi connectivity index (χ0) is 25.4. The van der Waals surface area contributed by atoms with E-state index in [4.69, 9.17) is 9.47 Å². The van der Waals surface area contributed by atoms with Gasteiger partial charge in [0.25, 0.3) is 15.9 Å². The first-order valence-corrected chi connectivity index (χ1v) is 11.6. The molecular formula is C24H23N3O7S. The number of amides is 1. The first-order chi connectivity index (χ1) is 16.8. The van der Waals surface area contributed by atoms with Crippen LogP contribution in [0.25, 0.3) is 0 Å². The largest absolute Gasteiger partial charge is 0.513 e. The lowest BCUT2D eigenvalue weighted by molar-refractivity contribution is 0.0955. The number of ether oxygens (including phenoxy) is 3. The Labute approximate surface area is 202 Å². The highest BCUT2D eigenvalue weighted by atomic mass is 32.2. The smallest absolute Gasteiger partial charge is 0.493 e. The molecule has 182 valence electrons. The molecule has 10 nitrogen and oxygen atoms in total. The molecule has 0 heterocycles. The SMILES string of the molecule is COC(=O)Oc1ccc(/C=N\NC(=O)c2ccc(N(C)S(=O)(=O)c3ccccc3)cc2)cc1OC. The summed E-state index contributed by atoms with van der Waals surface area (Å²) < 4.78 is 41.2. The van der Waals surface area contributed by atoms with Gasteiger partial charge in [-0.3, -0.25) is 9.10 Å². The fourth-order valence-electron chi connectivity index (χ4n) is 2.92. The molecule has 0 radical (unpaired) electrons. The molecule has 0 saturated carbocycles. The molecule has 35 heavy (non-hydrogen) atoms. The third-order valence-electron chi connectivity index (χ3n) is 4.82. The number of rotatable bonds is 8. The van der Waals surface area contributed by atoms with Crippen LogP contribution >= 0.6 is 0 Å². The summed E-state index contributed by atoms with van der Waals surface area (Å²) in [6, 6.07) is 18.8. The maximum atomic E-state index is 12.8. The molecule has 0 fully saturated rings. The highest BCUT2D eigenvalue weighted by Crippen LogP contribution is 2.28. The number of sulfonamides is 1. The Morgan fingerprint density at radius 3 is 2.26 bits per heavy atom. The van der Waals surface area contributed by atoms with Crippen LogP contribution in [-0.4, -0.2) is 48.0 Å². The van der Waals surface area contributed by atoms with Gasteiger partial charge in [-0.1, -0.05) is 18.2 Å². The van der Waals surface area contributed by atoms with Gasteiger partial charge in [0.05, 0.1) is 31.0 Å².